The summed E-state index contributed by atoms with van der Waals surface area (Å²) < 4.78 is 16.5. The summed E-state index contributed by atoms with van der Waals surface area (Å²) in [6.45, 7) is 2.83. The second kappa shape index (κ2) is 9.29. The SMILES string of the molecule is CC(COc1ccc2c(c1)NC(=O)CO2)NCC(O)COc1ccc(O)cc1. The van der Waals surface area contributed by atoms with Crippen LogP contribution in [0, 0.1) is 0 Å². The Balaban J connectivity index is 1.37. The van der Waals surface area contributed by atoms with Crippen molar-refractivity contribution in [1.82, 2.24) is 5.32 Å². The molecule has 3 rings (SSSR count). The van der Waals surface area contributed by atoms with Crippen molar-refractivity contribution in [2.24, 2.45) is 0 Å². The zero-order chi connectivity index (χ0) is 19.9. The molecule has 0 fully saturated rings. The summed E-state index contributed by atoms with van der Waals surface area (Å²) >= 11 is 0. The Hall–Kier alpha value is -2.97. The van der Waals surface area contributed by atoms with Crippen LogP contribution in [-0.2, 0) is 4.79 Å². The summed E-state index contributed by atoms with van der Waals surface area (Å²) in [5, 5.41) is 25.2. The van der Waals surface area contributed by atoms with Gasteiger partial charge in [0.25, 0.3) is 5.91 Å². The van der Waals surface area contributed by atoms with Crippen LogP contribution in [0.25, 0.3) is 0 Å². The summed E-state index contributed by atoms with van der Waals surface area (Å²) in [7, 11) is 0. The number of aliphatic hydroxyl groups excluding tert-OH is 1. The van der Waals surface area contributed by atoms with Gasteiger partial charge in [0.05, 0.1) is 5.69 Å². The molecule has 1 heterocycles. The van der Waals surface area contributed by atoms with E-state index in [-0.39, 0.29) is 30.9 Å². The summed E-state index contributed by atoms with van der Waals surface area (Å²) in [4.78, 5) is 11.4. The first-order valence-corrected chi connectivity index (χ1v) is 9.02. The third-order valence-corrected chi connectivity index (χ3v) is 4.06. The lowest BCUT2D eigenvalue weighted by molar-refractivity contribution is -0.118. The van der Waals surface area contributed by atoms with Crippen molar-refractivity contribution in [3.8, 4) is 23.0 Å². The number of phenolic OH excluding ortho intramolecular Hbond substituents is 1. The number of nitrogens with one attached hydrogen (secondary N) is 2. The van der Waals surface area contributed by atoms with Crippen LogP contribution in [0.3, 0.4) is 0 Å². The van der Waals surface area contributed by atoms with Crippen molar-refractivity contribution in [1.29, 1.82) is 0 Å². The standard InChI is InChI=1S/C20H24N2O6/c1-13(21-9-15(24)11-27-16-4-2-14(23)3-5-16)10-26-17-6-7-19-18(8-17)22-20(25)12-28-19/h2-8,13,15,21,23-24H,9-12H2,1H3,(H,22,25). The molecule has 2 aromatic carbocycles. The Morgan fingerprint density at radius 3 is 2.64 bits per heavy atom. The number of benzene rings is 2. The van der Waals surface area contributed by atoms with Crippen LogP contribution < -0.4 is 24.8 Å². The zero-order valence-electron chi connectivity index (χ0n) is 15.6. The molecule has 0 radical (unpaired) electrons. The number of hydrogen-bond acceptors (Lipinski definition) is 7. The Kier molecular flexibility index (Phi) is 6.57. The first-order chi connectivity index (χ1) is 13.5. The molecule has 8 heteroatoms. The maximum atomic E-state index is 11.4. The molecule has 150 valence electrons. The fourth-order valence-electron chi connectivity index (χ4n) is 2.56. The van der Waals surface area contributed by atoms with Crippen LogP contribution in [0.4, 0.5) is 5.69 Å². The highest BCUT2D eigenvalue weighted by Gasteiger charge is 2.16. The van der Waals surface area contributed by atoms with E-state index in [9.17, 15) is 15.0 Å². The van der Waals surface area contributed by atoms with Crippen LogP contribution in [-0.4, -0.2) is 54.6 Å². The molecule has 0 spiro atoms. The van der Waals surface area contributed by atoms with Gasteiger partial charge < -0.3 is 35.1 Å². The Bertz CT molecular complexity index is 796. The lowest BCUT2D eigenvalue weighted by Gasteiger charge is -2.20. The highest BCUT2D eigenvalue weighted by molar-refractivity contribution is 5.95. The smallest absolute Gasteiger partial charge is 0.262 e. The van der Waals surface area contributed by atoms with Gasteiger partial charge in [-0.3, -0.25) is 4.79 Å². The van der Waals surface area contributed by atoms with Gasteiger partial charge in [-0.1, -0.05) is 0 Å². The number of carbonyl (C=O) groups is 1. The van der Waals surface area contributed by atoms with Gasteiger partial charge in [-0.2, -0.15) is 0 Å². The predicted molar refractivity (Wildman–Crippen MR) is 103 cm³/mol. The largest absolute Gasteiger partial charge is 0.508 e. The highest BCUT2D eigenvalue weighted by Crippen LogP contribution is 2.31. The van der Waals surface area contributed by atoms with Gasteiger partial charge in [-0.05, 0) is 43.3 Å². The van der Waals surface area contributed by atoms with Gasteiger partial charge in [-0.15, -0.1) is 0 Å². The molecule has 0 bridgehead atoms. The molecule has 2 unspecified atom stereocenters. The van der Waals surface area contributed by atoms with Crippen LogP contribution in [0.15, 0.2) is 42.5 Å². The van der Waals surface area contributed by atoms with E-state index in [1.165, 1.54) is 12.1 Å². The van der Waals surface area contributed by atoms with E-state index in [1.54, 1.807) is 30.3 Å². The van der Waals surface area contributed by atoms with Crippen molar-refractivity contribution in [2.75, 3.05) is 31.7 Å². The highest BCUT2D eigenvalue weighted by atomic mass is 16.5. The number of aromatic hydroxyl groups is 1. The molecule has 1 aliphatic rings. The number of ether oxygens (including phenoxy) is 3. The molecule has 2 aromatic rings. The van der Waals surface area contributed by atoms with Crippen LogP contribution in [0.1, 0.15) is 6.92 Å². The Morgan fingerprint density at radius 2 is 1.86 bits per heavy atom. The minimum atomic E-state index is -0.688. The molecule has 0 saturated heterocycles. The average Bonchev–Trinajstić information content (AvgIpc) is 2.70. The fraction of sp³-hybridized carbons (Fsp3) is 0.350. The van der Waals surface area contributed by atoms with Gasteiger partial charge in [0, 0.05) is 18.7 Å². The number of phenols is 1. The van der Waals surface area contributed by atoms with Gasteiger partial charge in [0.1, 0.15) is 42.3 Å². The van der Waals surface area contributed by atoms with Gasteiger partial charge in [-0.25, -0.2) is 0 Å². The number of hydrogen-bond donors (Lipinski definition) is 4. The molecule has 4 N–H and O–H groups in total. The van der Waals surface area contributed by atoms with E-state index < -0.39 is 6.10 Å². The normalized spacial score (nSPS) is 15.0. The number of carbonyl (C=O) groups excluding carboxylic acids is 1. The number of rotatable bonds is 9. The van der Waals surface area contributed by atoms with E-state index >= 15 is 0 Å². The van der Waals surface area contributed by atoms with Crippen molar-refractivity contribution in [3.63, 3.8) is 0 Å². The van der Waals surface area contributed by atoms with Crippen molar-refractivity contribution in [2.45, 2.75) is 19.1 Å². The molecule has 2 atom stereocenters. The zero-order valence-corrected chi connectivity index (χ0v) is 15.6. The van der Waals surface area contributed by atoms with E-state index in [0.29, 0.717) is 36.1 Å². The van der Waals surface area contributed by atoms with E-state index in [4.69, 9.17) is 14.2 Å². The van der Waals surface area contributed by atoms with Crippen LogP contribution in [0.5, 0.6) is 23.0 Å². The monoisotopic (exact) mass is 388 g/mol. The van der Waals surface area contributed by atoms with Crippen molar-refractivity contribution in [3.05, 3.63) is 42.5 Å². The average molecular weight is 388 g/mol. The van der Waals surface area contributed by atoms with Gasteiger partial charge in [0.2, 0.25) is 0 Å². The maximum absolute atomic E-state index is 11.4. The minimum absolute atomic E-state index is 0.00908. The Labute approximate surface area is 163 Å². The third-order valence-electron chi connectivity index (χ3n) is 4.06. The van der Waals surface area contributed by atoms with Crippen LogP contribution >= 0.6 is 0 Å². The van der Waals surface area contributed by atoms with E-state index in [1.807, 2.05) is 6.92 Å². The first kappa shape index (κ1) is 19.8. The number of amides is 1. The molecular weight excluding hydrogens is 364 g/mol. The summed E-state index contributed by atoms with van der Waals surface area (Å²) in [6.07, 6.45) is -0.688. The minimum Gasteiger partial charge on any atom is -0.508 e. The molecule has 8 nitrogen and oxygen atoms in total. The third kappa shape index (κ3) is 5.77. The number of aliphatic hydroxyl groups is 1. The summed E-state index contributed by atoms with van der Waals surface area (Å²) in [5.74, 6) is 1.79. The molecule has 0 saturated carbocycles. The van der Waals surface area contributed by atoms with Crippen LogP contribution in [0.2, 0.25) is 0 Å². The lowest BCUT2D eigenvalue weighted by Crippen LogP contribution is -2.39. The molecule has 28 heavy (non-hydrogen) atoms. The van der Waals surface area contributed by atoms with E-state index in [2.05, 4.69) is 10.6 Å². The fourth-order valence-corrected chi connectivity index (χ4v) is 2.56. The lowest BCUT2D eigenvalue weighted by atomic mass is 10.2. The second-order valence-electron chi connectivity index (χ2n) is 6.57. The predicted octanol–water partition coefficient (Wildman–Crippen LogP) is 1.52. The van der Waals surface area contributed by atoms with E-state index in [0.717, 1.165) is 0 Å². The molecule has 1 aliphatic heterocycles. The maximum Gasteiger partial charge on any atom is 0.262 e. The molecular formula is C20H24N2O6. The Morgan fingerprint density at radius 1 is 1.14 bits per heavy atom. The quantitative estimate of drug-likeness (QED) is 0.516. The number of fused-ring (bicyclic) bond motifs is 1. The van der Waals surface area contributed by atoms with Crippen molar-refractivity contribution >= 4 is 11.6 Å². The topological polar surface area (TPSA) is 109 Å². The first-order valence-electron chi connectivity index (χ1n) is 9.02. The second-order valence-corrected chi connectivity index (χ2v) is 6.57. The number of anilines is 1. The van der Waals surface area contributed by atoms with Gasteiger partial charge >= 0.3 is 0 Å². The summed E-state index contributed by atoms with van der Waals surface area (Å²) in [5.41, 5.74) is 0.594. The van der Waals surface area contributed by atoms with Crippen molar-refractivity contribution < 1.29 is 29.2 Å². The van der Waals surface area contributed by atoms with Gasteiger partial charge in [0.15, 0.2) is 6.61 Å². The summed E-state index contributed by atoms with van der Waals surface area (Å²) in [6, 6.07) is 11.6. The molecule has 0 aliphatic carbocycles. The molecule has 1 amide bonds. The molecule has 0 aromatic heterocycles.